The number of carbonyl (C=O) groups is 1. The van der Waals surface area contributed by atoms with Gasteiger partial charge in [0.25, 0.3) is 0 Å². The Morgan fingerprint density at radius 3 is 2.39 bits per heavy atom. The lowest BCUT2D eigenvalue weighted by atomic mass is 9.73. The van der Waals surface area contributed by atoms with E-state index in [1.807, 2.05) is 6.07 Å². The van der Waals surface area contributed by atoms with Crippen LogP contribution in [-0.4, -0.2) is 5.97 Å². The number of hydrogen-bond acceptors (Lipinski definition) is 2. The SMILES string of the molecule is CCCc1ccc2c(c1)C(=O)OC(c1ccc(C(C)C3CCC(CCC)CC3)cc1)C2. The van der Waals surface area contributed by atoms with E-state index in [-0.39, 0.29) is 12.1 Å². The third-order valence-corrected chi connectivity index (χ3v) is 7.72. The van der Waals surface area contributed by atoms with E-state index in [1.165, 1.54) is 49.7 Å². The molecule has 0 spiro atoms. The van der Waals surface area contributed by atoms with Crippen LogP contribution in [0.2, 0.25) is 0 Å². The van der Waals surface area contributed by atoms with Gasteiger partial charge in [0.1, 0.15) is 6.10 Å². The summed E-state index contributed by atoms with van der Waals surface area (Å²) in [6.45, 7) is 6.86. The highest BCUT2D eigenvalue weighted by Crippen LogP contribution is 2.40. The zero-order chi connectivity index (χ0) is 21.8. The first-order chi connectivity index (χ1) is 15.1. The molecule has 1 fully saturated rings. The molecule has 0 saturated heterocycles. The van der Waals surface area contributed by atoms with Crippen molar-refractivity contribution in [1.82, 2.24) is 0 Å². The molecular weight excluding hydrogens is 380 g/mol. The molecule has 1 heterocycles. The van der Waals surface area contributed by atoms with Crippen molar-refractivity contribution >= 4 is 5.97 Å². The monoisotopic (exact) mass is 418 g/mol. The van der Waals surface area contributed by atoms with Crippen LogP contribution >= 0.6 is 0 Å². The van der Waals surface area contributed by atoms with Crippen LogP contribution in [0.25, 0.3) is 0 Å². The van der Waals surface area contributed by atoms with E-state index in [1.54, 1.807) is 0 Å². The fourth-order valence-corrected chi connectivity index (χ4v) is 5.73. The van der Waals surface area contributed by atoms with E-state index in [9.17, 15) is 4.79 Å². The Kier molecular flexibility index (Phi) is 7.15. The van der Waals surface area contributed by atoms with Gasteiger partial charge in [0, 0.05) is 6.42 Å². The predicted molar refractivity (Wildman–Crippen MR) is 128 cm³/mol. The number of rotatable bonds is 7. The van der Waals surface area contributed by atoms with Crippen LogP contribution in [0, 0.1) is 11.8 Å². The summed E-state index contributed by atoms with van der Waals surface area (Å²) in [5.41, 5.74) is 5.63. The summed E-state index contributed by atoms with van der Waals surface area (Å²) in [5.74, 6) is 2.18. The molecule has 0 aromatic heterocycles. The molecule has 2 nitrogen and oxygen atoms in total. The Hall–Kier alpha value is -2.09. The molecule has 2 aromatic carbocycles. The smallest absolute Gasteiger partial charge is 0.339 e. The maximum atomic E-state index is 12.7. The minimum Gasteiger partial charge on any atom is -0.454 e. The molecular formula is C29H38O2. The van der Waals surface area contributed by atoms with E-state index >= 15 is 0 Å². The standard InChI is InChI=1S/C29H38O2/c1-4-6-21-8-11-23(12-9-21)20(3)24-14-16-25(17-15-24)28-19-26-13-10-22(7-5-2)18-27(26)29(30)31-28/h10,13-18,20-21,23,28H,4-9,11-12,19H2,1-3H3. The van der Waals surface area contributed by atoms with Crippen LogP contribution in [-0.2, 0) is 17.6 Å². The number of benzene rings is 2. The fourth-order valence-electron chi connectivity index (χ4n) is 5.73. The van der Waals surface area contributed by atoms with Gasteiger partial charge in [0.05, 0.1) is 5.56 Å². The first kappa shape index (κ1) is 22.1. The highest BCUT2D eigenvalue weighted by atomic mass is 16.5. The lowest BCUT2D eigenvalue weighted by Crippen LogP contribution is -2.22. The van der Waals surface area contributed by atoms with Gasteiger partial charge in [0.2, 0.25) is 0 Å². The molecule has 2 heteroatoms. The lowest BCUT2D eigenvalue weighted by molar-refractivity contribution is 0.0252. The Labute approximate surface area is 188 Å². The average Bonchev–Trinajstić information content (AvgIpc) is 2.80. The number of ether oxygens (including phenoxy) is 1. The van der Waals surface area contributed by atoms with Crippen molar-refractivity contribution in [3.63, 3.8) is 0 Å². The van der Waals surface area contributed by atoms with Crippen molar-refractivity contribution in [3.8, 4) is 0 Å². The van der Waals surface area contributed by atoms with Gasteiger partial charge >= 0.3 is 5.97 Å². The van der Waals surface area contributed by atoms with Gasteiger partial charge in [-0.05, 0) is 65.3 Å². The predicted octanol–water partition coefficient (Wildman–Crippen LogP) is 7.80. The first-order valence-corrected chi connectivity index (χ1v) is 12.5. The van der Waals surface area contributed by atoms with Crippen LogP contribution in [0.5, 0.6) is 0 Å². The zero-order valence-electron chi connectivity index (χ0n) is 19.5. The van der Waals surface area contributed by atoms with E-state index in [0.29, 0.717) is 5.92 Å². The van der Waals surface area contributed by atoms with Gasteiger partial charge in [-0.15, -0.1) is 0 Å². The molecule has 2 atom stereocenters. The van der Waals surface area contributed by atoms with Crippen LogP contribution in [0.15, 0.2) is 42.5 Å². The fraction of sp³-hybridized carbons (Fsp3) is 0.552. The van der Waals surface area contributed by atoms with Crippen molar-refractivity contribution < 1.29 is 9.53 Å². The van der Waals surface area contributed by atoms with E-state index in [0.717, 1.165) is 47.8 Å². The van der Waals surface area contributed by atoms with E-state index < -0.39 is 0 Å². The van der Waals surface area contributed by atoms with Gasteiger partial charge in [0.15, 0.2) is 0 Å². The summed E-state index contributed by atoms with van der Waals surface area (Å²) in [5, 5.41) is 0. The van der Waals surface area contributed by atoms with Crippen LogP contribution in [0.4, 0.5) is 0 Å². The zero-order valence-corrected chi connectivity index (χ0v) is 19.5. The summed E-state index contributed by atoms with van der Waals surface area (Å²) < 4.78 is 5.84. The Morgan fingerprint density at radius 2 is 1.71 bits per heavy atom. The molecule has 166 valence electrons. The molecule has 1 aliphatic heterocycles. The van der Waals surface area contributed by atoms with Crippen LogP contribution in [0.3, 0.4) is 0 Å². The van der Waals surface area contributed by atoms with Gasteiger partial charge in [-0.2, -0.15) is 0 Å². The van der Waals surface area contributed by atoms with Crippen molar-refractivity contribution in [2.24, 2.45) is 11.8 Å². The molecule has 1 saturated carbocycles. The number of hydrogen-bond donors (Lipinski definition) is 0. The minimum atomic E-state index is -0.175. The summed E-state index contributed by atoms with van der Waals surface area (Å²) in [4.78, 5) is 12.7. The molecule has 2 aliphatic rings. The third-order valence-electron chi connectivity index (χ3n) is 7.72. The van der Waals surface area contributed by atoms with Crippen LogP contribution in [0.1, 0.15) is 110 Å². The lowest BCUT2D eigenvalue weighted by Gasteiger charge is -2.32. The van der Waals surface area contributed by atoms with Crippen LogP contribution < -0.4 is 0 Å². The molecule has 0 radical (unpaired) electrons. The third kappa shape index (κ3) is 5.05. The summed E-state index contributed by atoms with van der Waals surface area (Å²) in [7, 11) is 0. The van der Waals surface area contributed by atoms with Crippen molar-refractivity contribution in [3.05, 3.63) is 70.3 Å². The summed E-state index contributed by atoms with van der Waals surface area (Å²) in [6.07, 6.45) is 10.9. The molecule has 31 heavy (non-hydrogen) atoms. The van der Waals surface area contributed by atoms with Gasteiger partial charge in [-0.3, -0.25) is 0 Å². The Bertz CT molecular complexity index is 874. The molecule has 0 amide bonds. The Balaban J connectivity index is 1.41. The van der Waals surface area contributed by atoms with Gasteiger partial charge < -0.3 is 4.74 Å². The Morgan fingerprint density at radius 1 is 0.968 bits per heavy atom. The highest BCUT2D eigenvalue weighted by molar-refractivity contribution is 5.92. The topological polar surface area (TPSA) is 26.3 Å². The van der Waals surface area contributed by atoms with Gasteiger partial charge in [-0.25, -0.2) is 4.79 Å². The largest absolute Gasteiger partial charge is 0.454 e. The second-order valence-electron chi connectivity index (χ2n) is 9.86. The number of esters is 1. The quantitative estimate of drug-likeness (QED) is 0.429. The summed E-state index contributed by atoms with van der Waals surface area (Å²) >= 11 is 0. The van der Waals surface area contributed by atoms with Crippen molar-refractivity contribution in [2.75, 3.05) is 0 Å². The second kappa shape index (κ2) is 10.0. The van der Waals surface area contributed by atoms with Crippen molar-refractivity contribution in [1.29, 1.82) is 0 Å². The molecule has 2 unspecified atom stereocenters. The molecule has 1 aliphatic carbocycles. The normalized spacial score (nSPS) is 24.4. The average molecular weight is 419 g/mol. The molecule has 0 bridgehead atoms. The molecule has 0 N–H and O–H groups in total. The highest BCUT2D eigenvalue weighted by Gasteiger charge is 2.29. The van der Waals surface area contributed by atoms with Gasteiger partial charge in [-0.1, -0.05) is 89.3 Å². The number of aryl methyl sites for hydroxylation is 1. The number of cyclic esters (lactones) is 1. The molecule has 4 rings (SSSR count). The van der Waals surface area contributed by atoms with E-state index in [4.69, 9.17) is 4.74 Å². The first-order valence-electron chi connectivity index (χ1n) is 12.5. The number of fused-ring (bicyclic) bond motifs is 1. The summed E-state index contributed by atoms with van der Waals surface area (Å²) in [6, 6.07) is 15.2. The van der Waals surface area contributed by atoms with E-state index in [2.05, 4.69) is 57.2 Å². The maximum absolute atomic E-state index is 12.7. The van der Waals surface area contributed by atoms with Crippen molar-refractivity contribution in [2.45, 2.75) is 90.6 Å². The maximum Gasteiger partial charge on any atom is 0.339 e. The number of carbonyl (C=O) groups excluding carboxylic acids is 1. The minimum absolute atomic E-state index is 0.175. The molecule has 2 aromatic rings. The second-order valence-corrected chi connectivity index (χ2v) is 9.86.